The highest BCUT2D eigenvalue weighted by Crippen LogP contribution is 2.43. The minimum Gasteiger partial charge on any atom is -0.455 e. The quantitative estimate of drug-likeness (QED) is 0.203. The Hall–Kier alpha value is -6.91. The minimum absolute atomic E-state index is 0.285. The molecular formula is C48H30N2O2. The summed E-state index contributed by atoms with van der Waals surface area (Å²) in [6.45, 7) is 0. The van der Waals surface area contributed by atoms with Crippen LogP contribution in [0.3, 0.4) is 0 Å². The molecule has 0 saturated heterocycles. The average Bonchev–Trinajstić information content (AvgIpc) is 3.78. The van der Waals surface area contributed by atoms with Crippen molar-refractivity contribution in [3.05, 3.63) is 187 Å². The van der Waals surface area contributed by atoms with E-state index in [-0.39, 0.29) is 6.17 Å². The summed E-state index contributed by atoms with van der Waals surface area (Å²) in [5, 5.41) is 12.8. The number of allylic oxidation sites excluding steroid dienone is 1. The number of rotatable bonds is 4. The van der Waals surface area contributed by atoms with Crippen LogP contribution in [0.2, 0.25) is 0 Å². The van der Waals surface area contributed by atoms with E-state index >= 15 is 0 Å². The van der Waals surface area contributed by atoms with E-state index in [9.17, 15) is 0 Å². The van der Waals surface area contributed by atoms with Crippen LogP contribution in [0.5, 0.6) is 0 Å². The molecule has 1 aliphatic heterocycles. The predicted octanol–water partition coefficient (Wildman–Crippen LogP) is 12.6. The number of para-hydroxylation sites is 2. The first-order valence-corrected chi connectivity index (χ1v) is 17.6. The number of hydrogen-bond donors (Lipinski definition) is 1. The van der Waals surface area contributed by atoms with E-state index in [0.717, 1.165) is 88.5 Å². The van der Waals surface area contributed by atoms with Crippen molar-refractivity contribution in [1.29, 1.82) is 0 Å². The fourth-order valence-electron chi connectivity index (χ4n) is 7.95. The fourth-order valence-corrected chi connectivity index (χ4v) is 7.95. The molecule has 2 aromatic heterocycles. The lowest BCUT2D eigenvalue weighted by Gasteiger charge is -2.25. The first kappa shape index (κ1) is 28.9. The molecule has 0 saturated carbocycles. The van der Waals surface area contributed by atoms with Crippen LogP contribution < -0.4 is 5.32 Å². The van der Waals surface area contributed by atoms with Gasteiger partial charge in [-0.25, -0.2) is 0 Å². The molecule has 0 amide bonds. The Morgan fingerprint density at radius 3 is 2.00 bits per heavy atom. The first-order valence-electron chi connectivity index (χ1n) is 17.6. The second-order valence-electron chi connectivity index (χ2n) is 13.5. The van der Waals surface area contributed by atoms with Crippen molar-refractivity contribution in [3.8, 4) is 11.1 Å². The summed E-state index contributed by atoms with van der Waals surface area (Å²) in [5.74, 6) is 0. The van der Waals surface area contributed by atoms with Crippen molar-refractivity contribution in [1.82, 2.24) is 5.32 Å². The zero-order chi connectivity index (χ0) is 34.2. The number of fused-ring (bicyclic) bond motifs is 8. The number of nitrogens with zero attached hydrogens (tertiary/aromatic N) is 1. The van der Waals surface area contributed by atoms with Gasteiger partial charge < -0.3 is 14.2 Å². The summed E-state index contributed by atoms with van der Waals surface area (Å²) in [6, 6.07) is 57.4. The standard InChI is InChI=1S/C48H30N2O2/c1-2-12-30(13-3-1)41-28-42(50-48(49-41)34-22-21-29-11-4-5-14-31(29)25-34)38-24-23-37(47-45(38)39-17-8-9-20-43(39)51-47)35-18-10-19-36-40-26-32-15-6-7-16-33(32)27-44(40)52-46(35)36/h1-28,48-49H. The summed E-state index contributed by atoms with van der Waals surface area (Å²) < 4.78 is 13.5. The van der Waals surface area contributed by atoms with E-state index in [0.29, 0.717) is 0 Å². The van der Waals surface area contributed by atoms with Gasteiger partial charge in [-0.3, -0.25) is 4.99 Å². The molecule has 0 bridgehead atoms. The lowest BCUT2D eigenvalue weighted by Crippen LogP contribution is -2.25. The van der Waals surface area contributed by atoms with E-state index in [1.54, 1.807) is 0 Å². The summed E-state index contributed by atoms with van der Waals surface area (Å²) in [5.41, 5.74) is 10.5. The largest absolute Gasteiger partial charge is 0.455 e. The summed E-state index contributed by atoms with van der Waals surface area (Å²) in [4.78, 5) is 5.42. The normalized spacial score (nSPS) is 14.7. The van der Waals surface area contributed by atoms with Gasteiger partial charge in [0.15, 0.2) is 0 Å². The van der Waals surface area contributed by atoms with E-state index in [1.165, 1.54) is 16.2 Å². The molecule has 1 N–H and O–H groups in total. The van der Waals surface area contributed by atoms with Crippen LogP contribution in [-0.4, -0.2) is 5.71 Å². The Bertz CT molecular complexity index is 3110. The highest BCUT2D eigenvalue weighted by Gasteiger charge is 2.25. The number of hydrogen-bond acceptors (Lipinski definition) is 4. The van der Waals surface area contributed by atoms with Gasteiger partial charge in [-0.15, -0.1) is 0 Å². The van der Waals surface area contributed by atoms with Gasteiger partial charge in [0.1, 0.15) is 28.5 Å². The Labute approximate surface area is 298 Å². The molecule has 1 atom stereocenters. The molecule has 1 unspecified atom stereocenters. The smallest absolute Gasteiger partial charge is 0.145 e. The molecule has 4 heteroatoms. The molecule has 4 nitrogen and oxygen atoms in total. The van der Waals surface area contributed by atoms with Crippen LogP contribution >= 0.6 is 0 Å². The third kappa shape index (κ3) is 4.51. The van der Waals surface area contributed by atoms with Gasteiger partial charge >= 0.3 is 0 Å². The van der Waals surface area contributed by atoms with Crippen LogP contribution in [0, 0.1) is 0 Å². The summed E-state index contributed by atoms with van der Waals surface area (Å²) >= 11 is 0. The van der Waals surface area contributed by atoms with E-state index < -0.39 is 0 Å². The van der Waals surface area contributed by atoms with E-state index in [1.807, 2.05) is 18.2 Å². The minimum atomic E-state index is -0.285. The molecule has 0 fully saturated rings. The van der Waals surface area contributed by atoms with E-state index in [2.05, 4.69) is 157 Å². The van der Waals surface area contributed by atoms with Crippen molar-refractivity contribution in [2.24, 2.45) is 4.99 Å². The molecule has 3 heterocycles. The van der Waals surface area contributed by atoms with Gasteiger partial charge in [0, 0.05) is 43.9 Å². The number of aliphatic imine (C=N–C) groups is 1. The van der Waals surface area contributed by atoms with Gasteiger partial charge in [-0.05, 0) is 69.1 Å². The van der Waals surface area contributed by atoms with Crippen LogP contribution in [0.15, 0.2) is 184 Å². The van der Waals surface area contributed by atoms with Gasteiger partial charge in [0.05, 0.1) is 5.71 Å². The SMILES string of the molecule is C1=C(c2ccccc2)NC(c2ccc3ccccc3c2)N=C1c1ccc(-c2cccc3c2oc2cc4ccccc4cc23)c2oc3ccccc3c12. The van der Waals surface area contributed by atoms with Gasteiger partial charge in [0.2, 0.25) is 0 Å². The maximum Gasteiger partial charge on any atom is 0.145 e. The molecule has 11 rings (SSSR count). The van der Waals surface area contributed by atoms with Crippen LogP contribution in [0.25, 0.3) is 82.2 Å². The van der Waals surface area contributed by atoms with Gasteiger partial charge in [0.25, 0.3) is 0 Å². The second kappa shape index (κ2) is 11.3. The van der Waals surface area contributed by atoms with Crippen LogP contribution in [0.4, 0.5) is 0 Å². The lowest BCUT2D eigenvalue weighted by molar-refractivity contribution is 0.664. The molecule has 244 valence electrons. The van der Waals surface area contributed by atoms with E-state index in [4.69, 9.17) is 13.8 Å². The highest BCUT2D eigenvalue weighted by molar-refractivity contribution is 6.26. The molecule has 0 aliphatic carbocycles. The zero-order valence-corrected chi connectivity index (χ0v) is 28.0. The summed E-state index contributed by atoms with van der Waals surface area (Å²) in [6.07, 6.45) is 1.89. The van der Waals surface area contributed by atoms with Crippen molar-refractivity contribution in [2.75, 3.05) is 0 Å². The van der Waals surface area contributed by atoms with Crippen molar-refractivity contribution >= 4 is 76.8 Å². The van der Waals surface area contributed by atoms with Gasteiger partial charge in [-0.1, -0.05) is 133 Å². The number of furan rings is 2. The monoisotopic (exact) mass is 666 g/mol. The molecule has 1 aliphatic rings. The van der Waals surface area contributed by atoms with Crippen molar-refractivity contribution < 1.29 is 8.83 Å². The molecular weight excluding hydrogens is 637 g/mol. The van der Waals surface area contributed by atoms with Gasteiger partial charge in [-0.2, -0.15) is 0 Å². The Kier molecular flexibility index (Phi) is 6.28. The first-order chi connectivity index (χ1) is 25.7. The molecule has 52 heavy (non-hydrogen) atoms. The van der Waals surface area contributed by atoms with Crippen LogP contribution in [-0.2, 0) is 0 Å². The maximum absolute atomic E-state index is 6.79. The highest BCUT2D eigenvalue weighted by atomic mass is 16.3. The third-order valence-corrected chi connectivity index (χ3v) is 10.5. The zero-order valence-electron chi connectivity index (χ0n) is 28.0. The molecule has 8 aromatic carbocycles. The Morgan fingerprint density at radius 2 is 1.13 bits per heavy atom. The maximum atomic E-state index is 6.79. The average molecular weight is 667 g/mol. The number of benzene rings is 8. The van der Waals surface area contributed by atoms with Crippen molar-refractivity contribution in [2.45, 2.75) is 6.17 Å². The van der Waals surface area contributed by atoms with Crippen molar-refractivity contribution in [3.63, 3.8) is 0 Å². The lowest BCUT2D eigenvalue weighted by atomic mass is 9.93. The molecule has 0 radical (unpaired) electrons. The summed E-state index contributed by atoms with van der Waals surface area (Å²) in [7, 11) is 0. The topological polar surface area (TPSA) is 50.7 Å². The Morgan fingerprint density at radius 1 is 0.462 bits per heavy atom. The number of nitrogens with one attached hydrogen (secondary N) is 1. The fraction of sp³-hybridized carbons (Fsp3) is 0.0208. The second-order valence-corrected chi connectivity index (χ2v) is 13.5. The third-order valence-electron chi connectivity index (χ3n) is 10.5. The predicted molar refractivity (Wildman–Crippen MR) is 215 cm³/mol. The molecule has 0 spiro atoms. The van der Waals surface area contributed by atoms with Crippen LogP contribution in [0.1, 0.15) is 22.9 Å². The molecule has 10 aromatic rings. The Balaban J connectivity index is 1.14.